The van der Waals surface area contributed by atoms with Crippen LogP contribution in [0.1, 0.15) is 155 Å². The second-order valence-electron chi connectivity index (χ2n) is 17.3. The molecule has 0 bridgehead atoms. The first-order valence-corrected chi connectivity index (χ1v) is 24.9. The van der Waals surface area contributed by atoms with Gasteiger partial charge in [0.2, 0.25) is 0 Å². The Morgan fingerprint density at radius 2 is 0.970 bits per heavy atom. The van der Waals surface area contributed by atoms with Crippen molar-refractivity contribution in [1.29, 1.82) is 0 Å². The molecule has 66 heavy (non-hydrogen) atoms. The maximum atomic E-state index is 13.0. The van der Waals surface area contributed by atoms with Gasteiger partial charge >= 0.3 is 11.9 Å². The van der Waals surface area contributed by atoms with Gasteiger partial charge in [-0.25, -0.2) is 0 Å². The fourth-order valence-corrected chi connectivity index (χ4v) is 7.46. The van der Waals surface area contributed by atoms with Crippen LogP contribution in [0, 0.1) is 0 Å². The van der Waals surface area contributed by atoms with E-state index < -0.39 is 99.3 Å². The quantitative estimate of drug-likeness (QED) is 0.0153. The summed E-state index contributed by atoms with van der Waals surface area (Å²) >= 11 is 0. The van der Waals surface area contributed by atoms with Crippen molar-refractivity contribution in [2.45, 2.75) is 223 Å². The van der Waals surface area contributed by atoms with E-state index in [1.807, 2.05) is 36.5 Å². The number of ether oxygens (including phenoxy) is 6. The van der Waals surface area contributed by atoms with Crippen LogP contribution in [0.5, 0.6) is 0 Å². The number of hydrogen-bond donors (Lipinski definition) is 7. The summed E-state index contributed by atoms with van der Waals surface area (Å²) in [5.41, 5.74) is 0. The topological polar surface area (TPSA) is 231 Å². The molecule has 380 valence electrons. The molecule has 4 unspecified atom stereocenters. The van der Waals surface area contributed by atoms with Gasteiger partial charge in [-0.15, -0.1) is 0 Å². The maximum absolute atomic E-state index is 13.0. The molecule has 2 aliphatic rings. The van der Waals surface area contributed by atoms with Crippen LogP contribution in [-0.4, -0.2) is 142 Å². The van der Waals surface area contributed by atoms with Crippen LogP contribution in [0.15, 0.2) is 60.8 Å². The van der Waals surface area contributed by atoms with E-state index in [4.69, 9.17) is 28.4 Å². The average molecular weight is 939 g/mol. The molecule has 7 N–H and O–H groups in total. The fourth-order valence-electron chi connectivity index (χ4n) is 7.46. The third-order valence-corrected chi connectivity index (χ3v) is 11.6. The predicted molar refractivity (Wildman–Crippen MR) is 252 cm³/mol. The number of aliphatic hydroxyl groups is 7. The molecule has 0 amide bonds. The zero-order chi connectivity index (χ0) is 48.2. The number of carbonyl (C=O) groups excluding carboxylic acids is 2. The highest BCUT2D eigenvalue weighted by atomic mass is 16.7. The number of esters is 2. The zero-order valence-corrected chi connectivity index (χ0v) is 39.9. The first-order chi connectivity index (χ1) is 32.0. The lowest BCUT2D eigenvalue weighted by Crippen LogP contribution is -2.61. The summed E-state index contributed by atoms with van der Waals surface area (Å²) in [4.78, 5) is 25.7. The molecule has 15 nitrogen and oxygen atoms in total. The van der Waals surface area contributed by atoms with Gasteiger partial charge in [-0.05, 0) is 57.8 Å². The highest BCUT2D eigenvalue weighted by Gasteiger charge is 2.47. The van der Waals surface area contributed by atoms with Crippen molar-refractivity contribution in [3.63, 3.8) is 0 Å². The molecule has 0 radical (unpaired) electrons. The van der Waals surface area contributed by atoms with Crippen molar-refractivity contribution in [2.24, 2.45) is 0 Å². The summed E-state index contributed by atoms with van der Waals surface area (Å²) in [6.07, 6.45) is 25.4. The summed E-state index contributed by atoms with van der Waals surface area (Å²) < 4.78 is 33.5. The Kier molecular flexibility index (Phi) is 34.2. The lowest BCUT2D eigenvalue weighted by atomic mass is 9.98. The predicted octanol–water partition coefficient (Wildman–Crippen LogP) is 6.49. The molecule has 2 aliphatic heterocycles. The molecule has 2 rings (SSSR count). The Morgan fingerprint density at radius 3 is 1.56 bits per heavy atom. The van der Waals surface area contributed by atoms with Crippen molar-refractivity contribution in [3.8, 4) is 0 Å². The van der Waals surface area contributed by atoms with E-state index in [2.05, 4.69) is 38.2 Å². The second-order valence-corrected chi connectivity index (χ2v) is 17.3. The largest absolute Gasteiger partial charge is 0.462 e. The molecule has 0 aliphatic carbocycles. The molecule has 0 aromatic heterocycles. The Labute approximate surface area is 394 Å². The van der Waals surface area contributed by atoms with E-state index in [0.29, 0.717) is 12.8 Å². The maximum Gasteiger partial charge on any atom is 0.306 e. The average Bonchev–Trinajstić information content (AvgIpc) is 3.31. The van der Waals surface area contributed by atoms with Gasteiger partial charge in [0.05, 0.1) is 19.8 Å². The first-order valence-electron chi connectivity index (χ1n) is 24.9. The van der Waals surface area contributed by atoms with Crippen LogP contribution >= 0.6 is 0 Å². The minimum absolute atomic E-state index is 0.133. The first kappa shape index (κ1) is 59.3. The SMILES string of the molecule is CC/C=C/C=C/C=C/C=C/CCCCCCCC(=O)O[C@H](COC(=O)CCCCC/C=C/CCCCCCCCCC)CO[C@@H]1O[C@H](CO[C@@H]2O[C@H](CO)[C@H](O)C(O)C2O)[C@H](O)C(O)C1O. The molecule has 0 spiro atoms. The highest BCUT2D eigenvalue weighted by molar-refractivity contribution is 5.70. The lowest BCUT2D eigenvalue weighted by Gasteiger charge is -2.42. The molecular formula is C51H86O15. The van der Waals surface area contributed by atoms with Gasteiger partial charge in [0.25, 0.3) is 0 Å². The molecule has 2 saturated heterocycles. The lowest BCUT2D eigenvalue weighted by molar-refractivity contribution is -0.332. The molecule has 15 heteroatoms. The number of allylic oxidation sites excluding steroid dienone is 10. The van der Waals surface area contributed by atoms with Crippen LogP contribution in [-0.2, 0) is 38.0 Å². The van der Waals surface area contributed by atoms with Crippen molar-refractivity contribution in [1.82, 2.24) is 0 Å². The van der Waals surface area contributed by atoms with Crippen LogP contribution in [0.4, 0.5) is 0 Å². The minimum Gasteiger partial charge on any atom is -0.462 e. The van der Waals surface area contributed by atoms with Crippen LogP contribution in [0.2, 0.25) is 0 Å². The summed E-state index contributed by atoms with van der Waals surface area (Å²) in [5.74, 6) is -0.975. The van der Waals surface area contributed by atoms with Gasteiger partial charge in [-0.2, -0.15) is 0 Å². The third kappa shape index (κ3) is 26.1. The fraction of sp³-hybridized carbons (Fsp3) is 0.765. The van der Waals surface area contributed by atoms with Gasteiger partial charge in [-0.3, -0.25) is 9.59 Å². The van der Waals surface area contributed by atoms with Gasteiger partial charge in [-0.1, -0.05) is 145 Å². The van der Waals surface area contributed by atoms with Crippen molar-refractivity contribution < 1.29 is 73.8 Å². The summed E-state index contributed by atoms with van der Waals surface area (Å²) in [5, 5.41) is 72.0. The minimum atomic E-state index is -1.77. The smallest absolute Gasteiger partial charge is 0.306 e. The van der Waals surface area contributed by atoms with Gasteiger partial charge in [0, 0.05) is 12.8 Å². The third-order valence-electron chi connectivity index (χ3n) is 11.6. The normalized spacial score (nSPS) is 26.7. The molecule has 2 fully saturated rings. The number of hydrogen-bond acceptors (Lipinski definition) is 15. The number of aliphatic hydroxyl groups excluding tert-OH is 7. The van der Waals surface area contributed by atoms with Gasteiger partial charge < -0.3 is 64.2 Å². The Balaban J connectivity index is 1.84. The summed E-state index contributed by atoms with van der Waals surface area (Å²) in [6.45, 7) is 2.39. The molecule has 0 aromatic carbocycles. The Morgan fingerprint density at radius 1 is 0.500 bits per heavy atom. The molecule has 11 atom stereocenters. The number of rotatable bonds is 37. The standard InChI is InChI=1S/C51H86O15/c1-3-5-7-9-11-13-15-17-19-21-23-25-27-29-31-33-42(53)61-36-39(64-43(54)34-32-30-28-26-24-22-20-18-16-14-12-10-8-6-4-2)37-62-50-49(60)47(58)45(56)41(66-50)38-63-51-48(59)46(57)44(55)40(35-52)65-51/h6,8,10,12,14,16,18,20-21,23,39-41,44-52,55-60H,3-5,7,9,11,13,15,17,19,22,24-38H2,1-2H3/b8-6+,12-10+,16-14+,20-18+,23-21+/t39-,40-,41-,44+,45+,46?,47?,48?,49?,50-,51-/m1/s1. The Bertz CT molecular complexity index is 1380. The number of unbranched alkanes of at least 4 members (excludes halogenated alkanes) is 16. The van der Waals surface area contributed by atoms with Gasteiger partial charge in [0.1, 0.15) is 55.4 Å². The van der Waals surface area contributed by atoms with Crippen molar-refractivity contribution in [2.75, 3.05) is 26.4 Å². The summed E-state index contributed by atoms with van der Waals surface area (Å²) in [7, 11) is 0. The monoisotopic (exact) mass is 939 g/mol. The van der Waals surface area contributed by atoms with E-state index in [9.17, 15) is 45.3 Å². The number of carbonyl (C=O) groups is 2. The van der Waals surface area contributed by atoms with Crippen LogP contribution in [0.3, 0.4) is 0 Å². The molecule has 2 heterocycles. The van der Waals surface area contributed by atoms with E-state index in [0.717, 1.165) is 64.2 Å². The van der Waals surface area contributed by atoms with Gasteiger partial charge in [0.15, 0.2) is 18.7 Å². The van der Waals surface area contributed by atoms with Crippen molar-refractivity contribution in [3.05, 3.63) is 60.8 Å². The Hall–Kier alpha value is -2.80. The van der Waals surface area contributed by atoms with Crippen LogP contribution in [0.25, 0.3) is 0 Å². The van der Waals surface area contributed by atoms with E-state index >= 15 is 0 Å². The van der Waals surface area contributed by atoms with Crippen LogP contribution < -0.4 is 0 Å². The molecule has 0 aromatic rings. The van der Waals surface area contributed by atoms with E-state index in [1.165, 1.54) is 51.4 Å². The molecular weight excluding hydrogens is 853 g/mol. The zero-order valence-electron chi connectivity index (χ0n) is 39.9. The second kappa shape index (κ2) is 38.1. The summed E-state index contributed by atoms with van der Waals surface area (Å²) in [6, 6.07) is 0. The highest BCUT2D eigenvalue weighted by Crippen LogP contribution is 2.26. The van der Waals surface area contributed by atoms with Crippen molar-refractivity contribution >= 4 is 11.9 Å². The van der Waals surface area contributed by atoms with E-state index in [1.54, 1.807) is 0 Å². The van der Waals surface area contributed by atoms with E-state index in [-0.39, 0.29) is 19.4 Å². The molecule has 0 saturated carbocycles.